The van der Waals surface area contributed by atoms with E-state index in [4.69, 9.17) is 11.6 Å². The van der Waals surface area contributed by atoms with Crippen LogP contribution in [0, 0.1) is 0 Å². The molecule has 0 N–H and O–H groups in total. The van der Waals surface area contributed by atoms with Gasteiger partial charge in [0.05, 0.1) is 5.75 Å². The zero-order chi connectivity index (χ0) is 21.7. The summed E-state index contributed by atoms with van der Waals surface area (Å²) in [7, 11) is 0.321. The molecule has 0 aliphatic carbocycles. The van der Waals surface area contributed by atoms with Crippen molar-refractivity contribution in [2.24, 2.45) is 12.0 Å². The predicted molar refractivity (Wildman–Crippen MR) is 122 cm³/mol. The molecule has 1 aromatic carbocycles. The van der Waals surface area contributed by atoms with Crippen molar-refractivity contribution in [2.45, 2.75) is 25.2 Å². The van der Waals surface area contributed by atoms with E-state index in [1.165, 1.54) is 16.4 Å². The van der Waals surface area contributed by atoms with E-state index in [0.29, 0.717) is 24.0 Å². The highest BCUT2D eigenvalue weighted by Crippen LogP contribution is 2.29. The van der Waals surface area contributed by atoms with Crippen molar-refractivity contribution in [2.75, 3.05) is 25.9 Å². The third kappa shape index (κ3) is 6.06. The molecule has 0 unspecified atom stereocenters. The molecule has 1 fully saturated rings. The molecule has 0 bridgehead atoms. The van der Waals surface area contributed by atoms with Crippen LogP contribution in [0.3, 0.4) is 0 Å². The van der Waals surface area contributed by atoms with Gasteiger partial charge in [-0.1, -0.05) is 23.7 Å². The lowest BCUT2D eigenvalue weighted by molar-refractivity contribution is -0.131. The smallest absolute Gasteiger partial charge is 0.223 e. The van der Waals surface area contributed by atoms with Crippen LogP contribution in [0.15, 0.2) is 40.9 Å². The fourth-order valence-electron chi connectivity index (χ4n) is 3.47. The van der Waals surface area contributed by atoms with Crippen LogP contribution in [-0.2, 0) is 21.7 Å². The van der Waals surface area contributed by atoms with Crippen LogP contribution in [-0.4, -0.2) is 49.7 Å². The van der Waals surface area contributed by atoms with E-state index in [9.17, 15) is 13.2 Å². The summed E-state index contributed by atoms with van der Waals surface area (Å²) in [6.07, 6.45) is 5.43. The van der Waals surface area contributed by atoms with Gasteiger partial charge in [-0.05, 0) is 42.5 Å². The van der Waals surface area contributed by atoms with Crippen LogP contribution in [0.4, 0.5) is 0 Å². The van der Waals surface area contributed by atoms with Crippen molar-refractivity contribution in [3.8, 4) is 0 Å². The van der Waals surface area contributed by atoms with Gasteiger partial charge in [-0.15, -0.1) is 11.3 Å². The van der Waals surface area contributed by atoms with Gasteiger partial charge in [-0.2, -0.15) is 0 Å². The van der Waals surface area contributed by atoms with E-state index in [2.05, 4.69) is 11.2 Å². The zero-order valence-corrected chi connectivity index (χ0v) is 19.5. The van der Waals surface area contributed by atoms with Crippen LogP contribution < -0.4 is 4.80 Å². The van der Waals surface area contributed by atoms with Gasteiger partial charge in [0, 0.05) is 55.1 Å². The molecule has 0 atom stereocenters. The second kappa shape index (κ2) is 9.94. The fourth-order valence-corrected chi connectivity index (χ4v) is 5.66. The first-order chi connectivity index (χ1) is 14.3. The Bertz CT molecular complexity index is 1080. The number of thiazole rings is 1. The zero-order valence-electron chi connectivity index (χ0n) is 17.1. The minimum atomic E-state index is -3.45. The van der Waals surface area contributed by atoms with Crippen molar-refractivity contribution >= 4 is 44.8 Å². The molecular formula is C21H26ClN3O3S2. The van der Waals surface area contributed by atoms with E-state index in [-0.39, 0.29) is 18.1 Å². The van der Waals surface area contributed by atoms with Crippen molar-refractivity contribution < 1.29 is 13.2 Å². The molecular weight excluding hydrogens is 442 g/mol. The molecule has 0 radical (unpaired) electrons. The molecule has 2 heterocycles. The van der Waals surface area contributed by atoms with Crippen molar-refractivity contribution in [1.29, 1.82) is 0 Å². The first-order valence-electron chi connectivity index (χ1n) is 9.81. The van der Waals surface area contributed by atoms with Gasteiger partial charge >= 0.3 is 0 Å². The van der Waals surface area contributed by atoms with Crippen LogP contribution in [0.5, 0.6) is 0 Å². The van der Waals surface area contributed by atoms with E-state index >= 15 is 0 Å². The molecule has 1 saturated heterocycles. The topological polar surface area (TPSA) is 71.7 Å². The summed E-state index contributed by atoms with van der Waals surface area (Å²) in [6, 6.07) is 6.90. The van der Waals surface area contributed by atoms with Crippen LogP contribution in [0.25, 0.3) is 6.08 Å². The van der Waals surface area contributed by atoms with Gasteiger partial charge in [0.25, 0.3) is 0 Å². The summed E-state index contributed by atoms with van der Waals surface area (Å²) in [5.41, 5.74) is 0.748. The number of carbonyl (C=O) groups is 1. The molecule has 1 amide bonds. The third-order valence-electron chi connectivity index (χ3n) is 5.21. The Morgan fingerprint density at radius 1 is 1.27 bits per heavy atom. The SMILES string of the molecule is CN=c1sc(C2CCN(C(=O)CCS(=O)(=O)/C=C/c3ccc(Cl)cc3)CC2)cn1C. The number of benzene rings is 1. The van der Waals surface area contributed by atoms with Gasteiger partial charge in [-0.3, -0.25) is 9.79 Å². The molecule has 0 spiro atoms. The molecule has 1 aliphatic heterocycles. The second-order valence-corrected chi connectivity index (χ2v) is 10.9. The highest BCUT2D eigenvalue weighted by Gasteiger charge is 2.25. The van der Waals surface area contributed by atoms with Gasteiger partial charge in [0.2, 0.25) is 5.91 Å². The van der Waals surface area contributed by atoms with Gasteiger partial charge in [0.15, 0.2) is 14.6 Å². The number of rotatable bonds is 6. The molecule has 1 aliphatic rings. The second-order valence-electron chi connectivity index (χ2n) is 7.38. The quantitative estimate of drug-likeness (QED) is 0.653. The number of aryl methyl sites for hydroxylation is 1. The number of amides is 1. The Hall–Kier alpha value is -1.90. The number of hydrogen-bond acceptors (Lipinski definition) is 5. The average Bonchev–Trinajstić information content (AvgIpc) is 3.12. The molecule has 1 aromatic heterocycles. The van der Waals surface area contributed by atoms with Crippen LogP contribution >= 0.6 is 22.9 Å². The van der Waals surface area contributed by atoms with E-state index in [0.717, 1.165) is 23.2 Å². The predicted octanol–water partition coefficient (Wildman–Crippen LogP) is 3.45. The molecule has 0 saturated carbocycles. The largest absolute Gasteiger partial charge is 0.343 e. The normalized spacial score (nSPS) is 16.5. The molecule has 2 aromatic rings. The monoisotopic (exact) mass is 467 g/mol. The fraction of sp³-hybridized carbons (Fsp3) is 0.429. The number of halogens is 1. The summed E-state index contributed by atoms with van der Waals surface area (Å²) < 4.78 is 26.6. The lowest BCUT2D eigenvalue weighted by Crippen LogP contribution is -2.38. The highest BCUT2D eigenvalue weighted by atomic mass is 35.5. The summed E-state index contributed by atoms with van der Waals surface area (Å²) in [4.78, 5) is 20.8. The number of likely N-dealkylation sites (tertiary alicyclic amines) is 1. The highest BCUT2D eigenvalue weighted by molar-refractivity contribution is 7.94. The standard InChI is InChI=1S/C21H26ClN3O3S2/c1-23-21-24(2)15-19(29-21)17-7-11-25(12-8-17)20(26)10-14-30(27,28)13-9-16-3-5-18(22)6-4-16/h3-6,9,13,15,17H,7-8,10-12,14H2,1-2H3/b13-9+,23-21?. The molecule has 162 valence electrons. The Balaban J connectivity index is 1.50. The Kier molecular flexibility index (Phi) is 7.55. The lowest BCUT2D eigenvalue weighted by atomic mass is 9.95. The van der Waals surface area contributed by atoms with Crippen molar-refractivity contribution in [3.63, 3.8) is 0 Å². The summed E-state index contributed by atoms with van der Waals surface area (Å²) in [5.74, 6) is 0.141. The maximum Gasteiger partial charge on any atom is 0.223 e. The van der Waals surface area contributed by atoms with Crippen molar-refractivity contribution in [3.05, 3.63) is 56.1 Å². The lowest BCUT2D eigenvalue weighted by Gasteiger charge is -2.31. The van der Waals surface area contributed by atoms with Gasteiger partial charge in [-0.25, -0.2) is 8.42 Å². The minimum absolute atomic E-state index is 0.00474. The summed E-state index contributed by atoms with van der Waals surface area (Å²) >= 11 is 7.52. The van der Waals surface area contributed by atoms with Crippen LogP contribution in [0.2, 0.25) is 5.02 Å². The molecule has 30 heavy (non-hydrogen) atoms. The number of hydrogen-bond donors (Lipinski definition) is 0. The maximum absolute atomic E-state index is 12.5. The minimum Gasteiger partial charge on any atom is -0.343 e. The molecule has 6 nitrogen and oxygen atoms in total. The van der Waals surface area contributed by atoms with Gasteiger partial charge < -0.3 is 9.47 Å². The summed E-state index contributed by atoms with van der Waals surface area (Å²) in [5, 5.41) is 1.77. The number of sulfone groups is 1. The third-order valence-corrected chi connectivity index (χ3v) is 8.11. The Morgan fingerprint density at radius 2 is 1.93 bits per heavy atom. The Morgan fingerprint density at radius 3 is 2.53 bits per heavy atom. The maximum atomic E-state index is 12.5. The number of nitrogens with zero attached hydrogens (tertiary/aromatic N) is 3. The first kappa shape index (κ1) is 22.8. The Labute approximate surface area is 186 Å². The number of aromatic nitrogens is 1. The summed E-state index contributed by atoms with van der Waals surface area (Å²) in [6.45, 7) is 1.31. The van der Waals surface area contributed by atoms with Gasteiger partial charge in [0.1, 0.15) is 0 Å². The average molecular weight is 468 g/mol. The van der Waals surface area contributed by atoms with E-state index in [1.54, 1.807) is 47.5 Å². The van der Waals surface area contributed by atoms with E-state index < -0.39 is 9.84 Å². The first-order valence-corrected chi connectivity index (χ1v) is 12.7. The number of carbonyl (C=O) groups excluding carboxylic acids is 1. The van der Waals surface area contributed by atoms with Crippen LogP contribution in [0.1, 0.15) is 35.6 Å². The molecule has 9 heteroatoms. The number of piperidine rings is 1. The molecule has 3 rings (SSSR count). The van der Waals surface area contributed by atoms with Crippen molar-refractivity contribution in [1.82, 2.24) is 9.47 Å². The van der Waals surface area contributed by atoms with E-state index in [1.807, 2.05) is 11.6 Å².